The zero-order chi connectivity index (χ0) is 24.6. The molecular formula is C25H32N6O3Si. The molecule has 1 saturated heterocycles. The summed E-state index contributed by atoms with van der Waals surface area (Å²) in [6.07, 6.45) is 3.01. The van der Waals surface area contributed by atoms with Gasteiger partial charge in [0.1, 0.15) is 12.6 Å². The van der Waals surface area contributed by atoms with Gasteiger partial charge in [0, 0.05) is 52.6 Å². The van der Waals surface area contributed by atoms with Crippen molar-refractivity contribution in [3.63, 3.8) is 0 Å². The van der Waals surface area contributed by atoms with Crippen molar-refractivity contribution >= 4 is 36.4 Å². The fraction of sp³-hybridized carbons (Fsp3) is 0.400. The number of piperazine rings is 1. The fourth-order valence-corrected chi connectivity index (χ4v) is 5.20. The number of fused-ring (bicyclic) bond motifs is 2. The lowest BCUT2D eigenvalue weighted by Crippen LogP contribution is -2.48. The molecule has 4 heterocycles. The first kappa shape index (κ1) is 23.4. The second-order valence-electron chi connectivity index (χ2n) is 10.2. The summed E-state index contributed by atoms with van der Waals surface area (Å²) in [7, 11) is -1.16. The average Bonchev–Trinajstić information content (AvgIpc) is 3.42. The quantitative estimate of drug-likeness (QED) is 0.303. The zero-order valence-corrected chi connectivity index (χ0v) is 21.5. The van der Waals surface area contributed by atoms with E-state index < -0.39 is 14.2 Å². The summed E-state index contributed by atoms with van der Waals surface area (Å²) in [6.45, 7) is 10.6. The van der Waals surface area contributed by atoms with Crippen molar-refractivity contribution in [1.82, 2.24) is 24.1 Å². The van der Waals surface area contributed by atoms with Crippen molar-refractivity contribution in [2.24, 2.45) is 0 Å². The minimum atomic E-state index is -1.16. The summed E-state index contributed by atoms with van der Waals surface area (Å²) >= 11 is 0. The molecule has 10 heteroatoms. The van der Waals surface area contributed by atoms with Crippen molar-refractivity contribution in [3.8, 4) is 11.4 Å². The van der Waals surface area contributed by atoms with Crippen LogP contribution in [0.15, 0.2) is 48.8 Å². The van der Waals surface area contributed by atoms with Crippen LogP contribution in [-0.2, 0) is 11.5 Å². The summed E-state index contributed by atoms with van der Waals surface area (Å²) in [4.78, 5) is 19.8. The van der Waals surface area contributed by atoms with Crippen molar-refractivity contribution in [3.05, 3.63) is 48.8 Å². The van der Waals surface area contributed by atoms with Gasteiger partial charge in [0.05, 0.1) is 28.4 Å². The molecule has 0 atom stereocenters. The van der Waals surface area contributed by atoms with Gasteiger partial charge in [-0.1, -0.05) is 31.8 Å². The molecule has 4 aromatic rings. The van der Waals surface area contributed by atoms with Crippen LogP contribution in [0.25, 0.3) is 27.9 Å². The van der Waals surface area contributed by atoms with Gasteiger partial charge in [-0.3, -0.25) is 4.57 Å². The van der Waals surface area contributed by atoms with Crippen molar-refractivity contribution < 1.29 is 14.6 Å². The number of nitrogens with zero attached hydrogens (tertiary/aromatic N) is 6. The average molecular weight is 493 g/mol. The van der Waals surface area contributed by atoms with Gasteiger partial charge < -0.3 is 19.6 Å². The van der Waals surface area contributed by atoms with E-state index in [1.165, 1.54) is 4.90 Å². The molecule has 184 valence electrons. The lowest BCUT2D eigenvalue weighted by Gasteiger charge is -2.33. The number of carboxylic acid groups (broad SMARTS) is 1. The van der Waals surface area contributed by atoms with E-state index in [0.717, 1.165) is 46.3 Å². The maximum Gasteiger partial charge on any atom is 0.407 e. The molecule has 1 aliphatic rings. The minimum absolute atomic E-state index is 0.455. The van der Waals surface area contributed by atoms with Crippen LogP contribution in [0.2, 0.25) is 25.7 Å². The van der Waals surface area contributed by atoms with E-state index in [0.29, 0.717) is 32.9 Å². The Hall–Kier alpha value is -3.37. The molecule has 1 N–H and O–H groups in total. The Morgan fingerprint density at radius 2 is 1.83 bits per heavy atom. The third kappa shape index (κ3) is 4.89. The third-order valence-corrected chi connectivity index (χ3v) is 8.22. The molecule has 0 unspecified atom stereocenters. The number of ether oxygens (including phenoxy) is 1. The summed E-state index contributed by atoms with van der Waals surface area (Å²) in [5.74, 6) is 0.855. The first-order valence-corrected chi connectivity index (χ1v) is 15.7. The molecule has 0 radical (unpaired) electrons. The van der Waals surface area contributed by atoms with Gasteiger partial charge in [-0.15, -0.1) is 0 Å². The van der Waals surface area contributed by atoms with E-state index >= 15 is 0 Å². The van der Waals surface area contributed by atoms with Gasteiger partial charge >= 0.3 is 6.09 Å². The molecule has 3 aromatic heterocycles. The van der Waals surface area contributed by atoms with E-state index in [1.807, 2.05) is 35.1 Å². The number of rotatable bonds is 7. The number of imidazole rings is 1. The molecule has 1 aromatic carbocycles. The molecule has 0 aliphatic carbocycles. The molecule has 0 bridgehead atoms. The second kappa shape index (κ2) is 9.35. The largest absolute Gasteiger partial charge is 0.465 e. The normalized spacial score (nSPS) is 14.8. The highest BCUT2D eigenvalue weighted by Gasteiger charge is 2.23. The third-order valence-electron chi connectivity index (χ3n) is 6.52. The summed E-state index contributed by atoms with van der Waals surface area (Å²) in [6, 6.07) is 13.4. The highest BCUT2D eigenvalue weighted by atomic mass is 28.3. The number of pyridine rings is 1. The van der Waals surface area contributed by atoms with Crippen LogP contribution < -0.4 is 4.90 Å². The van der Waals surface area contributed by atoms with Crippen molar-refractivity contribution in [1.29, 1.82) is 0 Å². The van der Waals surface area contributed by atoms with E-state index in [1.54, 1.807) is 0 Å². The topological polar surface area (TPSA) is 88.1 Å². The van der Waals surface area contributed by atoms with Crippen LogP contribution in [0.5, 0.6) is 0 Å². The van der Waals surface area contributed by atoms with Crippen LogP contribution >= 0.6 is 0 Å². The monoisotopic (exact) mass is 492 g/mol. The zero-order valence-electron chi connectivity index (χ0n) is 20.5. The highest BCUT2D eigenvalue weighted by Crippen LogP contribution is 2.28. The van der Waals surface area contributed by atoms with Gasteiger partial charge in [-0.05, 0) is 30.3 Å². The Balaban J connectivity index is 1.42. The predicted octanol–water partition coefficient (Wildman–Crippen LogP) is 4.46. The Kier molecular flexibility index (Phi) is 6.24. The second-order valence-corrected chi connectivity index (χ2v) is 15.9. The predicted molar refractivity (Wildman–Crippen MR) is 140 cm³/mol. The number of aromatic nitrogens is 4. The number of anilines is 1. The SMILES string of the molecule is C[Si](C)(C)CCOCn1c(-c2ccc3c(N4CCN(C(=O)O)CC4)cnn3c2)nc2ccccc21. The first-order valence-electron chi connectivity index (χ1n) is 12.0. The number of benzene rings is 1. The fourth-order valence-electron chi connectivity index (χ4n) is 4.45. The van der Waals surface area contributed by atoms with Crippen LogP contribution in [-0.4, -0.2) is 76.1 Å². The number of hydrogen-bond donors (Lipinski definition) is 1. The molecule has 0 spiro atoms. The number of para-hydroxylation sites is 2. The molecule has 9 nitrogen and oxygen atoms in total. The summed E-state index contributed by atoms with van der Waals surface area (Å²) < 4.78 is 10.1. The molecule has 5 rings (SSSR count). The highest BCUT2D eigenvalue weighted by molar-refractivity contribution is 6.76. The number of amides is 1. The van der Waals surface area contributed by atoms with Crippen molar-refractivity contribution in [2.75, 3.05) is 37.7 Å². The van der Waals surface area contributed by atoms with Gasteiger partial charge in [-0.2, -0.15) is 5.10 Å². The molecule has 1 aliphatic heterocycles. The molecule has 35 heavy (non-hydrogen) atoms. The van der Waals surface area contributed by atoms with Gasteiger partial charge in [0.25, 0.3) is 0 Å². The molecule has 1 amide bonds. The Bertz CT molecular complexity index is 1350. The maximum atomic E-state index is 11.2. The summed E-state index contributed by atoms with van der Waals surface area (Å²) in [5.41, 5.74) is 4.96. The van der Waals surface area contributed by atoms with E-state index in [-0.39, 0.29) is 0 Å². The van der Waals surface area contributed by atoms with Crippen molar-refractivity contribution in [2.45, 2.75) is 32.4 Å². The number of hydrogen-bond acceptors (Lipinski definition) is 5. The lowest BCUT2D eigenvalue weighted by atomic mass is 10.2. The minimum Gasteiger partial charge on any atom is -0.465 e. The first-order chi connectivity index (χ1) is 16.8. The standard InChI is InChI=1S/C25H32N6O3Si/c1-35(2,3)15-14-34-18-30-21-7-5-4-6-20(21)27-24(30)19-8-9-22-23(16-26-31(22)17-19)28-10-12-29(13-11-28)25(32)33/h4-9,16-17H,10-15,18H2,1-3H3,(H,32,33). The van der Waals surface area contributed by atoms with E-state index in [9.17, 15) is 9.90 Å². The number of carbonyl (C=O) groups is 1. The van der Waals surface area contributed by atoms with E-state index in [4.69, 9.17) is 9.72 Å². The van der Waals surface area contributed by atoms with Gasteiger partial charge in [-0.25, -0.2) is 14.3 Å². The van der Waals surface area contributed by atoms with Crippen LogP contribution in [0.3, 0.4) is 0 Å². The maximum absolute atomic E-state index is 11.2. The van der Waals surface area contributed by atoms with Gasteiger partial charge in [0.2, 0.25) is 0 Å². The molecule has 0 saturated carbocycles. The van der Waals surface area contributed by atoms with Crippen LogP contribution in [0.1, 0.15) is 0 Å². The Labute approximate surface area is 205 Å². The Morgan fingerprint density at radius 3 is 2.57 bits per heavy atom. The lowest BCUT2D eigenvalue weighted by molar-refractivity contribution is 0.0909. The molecular weight excluding hydrogens is 460 g/mol. The molecule has 1 fully saturated rings. The Morgan fingerprint density at radius 1 is 1.06 bits per heavy atom. The van der Waals surface area contributed by atoms with Crippen LogP contribution in [0.4, 0.5) is 10.5 Å². The smallest absolute Gasteiger partial charge is 0.407 e. The van der Waals surface area contributed by atoms with Gasteiger partial charge in [0.15, 0.2) is 0 Å². The summed E-state index contributed by atoms with van der Waals surface area (Å²) in [5, 5.41) is 13.8. The van der Waals surface area contributed by atoms with Crippen LogP contribution in [0, 0.1) is 0 Å². The van der Waals surface area contributed by atoms with E-state index in [2.05, 4.69) is 52.4 Å².